The van der Waals surface area contributed by atoms with Crippen LogP contribution < -0.4 is 24.4 Å². The third kappa shape index (κ3) is 5.62. The van der Waals surface area contributed by atoms with Crippen molar-refractivity contribution in [1.29, 1.82) is 5.26 Å². The van der Waals surface area contributed by atoms with Gasteiger partial charge in [0.1, 0.15) is 6.61 Å². The molecular weight excluding hydrogens is 550 g/mol. The summed E-state index contributed by atoms with van der Waals surface area (Å²) in [6, 6.07) is 21.9. The lowest BCUT2D eigenvalue weighted by Gasteiger charge is -2.24. The third-order valence-corrected chi connectivity index (χ3v) is 7.90. The molecule has 0 spiro atoms. The molecule has 4 aromatic rings. The molecule has 0 aliphatic carbocycles. The normalized spacial score (nSPS) is 14.5. The number of aromatic nitrogens is 1. The van der Waals surface area contributed by atoms with Gasteiger partial charge in [0.15, 0.2) is 16.3 Å². The number of ether oxygens (including phenoxy) is 3. The van der Waals surface area contributed by atoms with Crippen LogP contribution in [0.3, 0.4) is 0 Å². The summed E-state index contributed by atoms with van der Waals surface area (Å²) in [6.45, 7) is 5.92. The number of carbonyl (C=O) groups excluding carboxylic acids is 1. The van der Waals surface area contributed by atoms with Crippen LogP contribution in [-0.4, -0.2) is 24.3 Å². The van der Waals surface area contributed by atoms with E-state index < -0.39 is 12.0 Å². The van der Waals surface area contributed by atoms with Crippen molar-refractivity contribution in [2.45, 2.75) is 33.4 Å². The minimum absolute atomic E-state index is 0.208. The number of methoxy groups -OCH3 is 1. The minimum Gasteiger partial charge on any atom is -0.493 e. The molecule has 0 saturated heterocycles. The van der Waals surface area contributed by atoms with Gasteiger partial charge in [0.05, 0.1) is 47.2 Å². The fourth-order valence-corrected chi connectivity index (χ4v) is 5.86. The first kappa shape index (κ1) is 28.6. The summed E-state index contributed by atoms with van der Waals surface area (Å²) in [5.41, 5.74) is 4.53. The van der Waals surface area contributed by atoms with Crippen LogP contribution in [0.5, 0.6) is 11.5 Å². The lowest BCUT2D eigenvalue weighted by atomic mass is 9.95. The van der Waals surface area contributed by atoms with Crippen molar-refractivity contribution < 1.29 is 19.0 Å². The molecule has 0 unspecified atom stereocenters. The summed E-state index contributed by atoms with van der Waals surface area (Å²) in [5, 5.41) is 9.36. The maximum absolute atomic E-state index is 13.9. The molecule has 0 amide bonds. The molecule has 0 N–H and O–H groups in total. The van der Waals surface area contributed by atoms with Crippen molar-refractivity contribution in [2.75, 3.05) is 13.7 Å². The quantitative estimate of drug-likeness (QED) is 0.284. The minimum atomic E-state index is -0.662. The summed E-state index contributed by atoms with van der Waals surface area (Å²) in [4.78, 5) is 32.1. The molecule has 42 heavy (non-hydrogen) atoms. The Balaban J connectivity index is 1.54. The van der Waals surface area contributed by atoms with E-state index in [4.69, 9.17) is 14.2 Å². The van der Waals surface area contributed by atoms with Gasteiger partial charge >= 0.3 is 5.97 Å². The molecule has 212 valence electrons. The van der Waals surface area contributed by atoms with Crippen molar-refractivity contribution in [3.63, 3.8) is 0 Å². The Bertz CT molecular complexity index is 1910. The Morgan fingerprint density at radius 2 is 1.86 bits per heavy atom. The number of esters is 1. The van der Waals surface area contributed by atoms with Crippen molar-refractivity contribution in [2.24, 2.45) is 4.99 Å². The van der Waals surface area contributed by atoms with E-state index in [1.807, 2.05) is 55.5 Å². The number of fused-ring (bicyclic) bond motifs is 1. The van der Waals surface area contributed by atoms with E-state index in [2.05, 4.69) is 11.1 Å². The van der Waals surface area contributed by atoms with Crippen molar-refractivity contribution in [3.8, 4) is 17.6 Å². The maximum Gasteiger partial charge on any atom is 0.338 e. The molecule has 1 atom stereocenters. The van der Waals surface area contributed by atoms with E-state index in [1.165, 1.54) is 11.3 Å². The van der Waals surface area contributed by atoms with Crippen molar-refractivity contribution >= 4 is 23.4 Å². The lowest BCUT2D eigenvalue weighted by molar-refractivity contribution is -0.139. The van der Waals surface area contributed by atoms with E-state index in [1.54, 1.807) is 49.8 Å². The Morgan fingerprint density at radius 1 is 1.10 bits per heavy atom. The molecule has 5 rings (SSSR count). The first-order valence-electron chi connectivity index (χ1n) is 13.4. The van der Waals surface area contributed by atoms with Gasteiger partial charge in [-0.05, 0) is 56.2 Å². The summed E-state index contributed by atoms with van der Waals surface area (Å²) < 4.78 is 18.9. The average Bonchev–Trinajstić information content (AvgIpc) is 3.30. The lowest BCUT2D eigenvalue weighted by Crippen LogP contribution is -2.39. The van der Waals surface area contributed by atoms with E-state index in [0.29, 0.717) is 37.7 Å². The van der Waals surface area contributed by atoms with Crippen LogP contribution in [0.4, 0.5) is 0 Å². The zero-order chi connectivity index (χ0) is 29.8. The largest absolute Gasteiger partial charge is 0.493 e. The number of benzene rings is 3. The highest BCUT2D eigenvalue weighted by molar-refractivity contribution is 7.07. The van der Waals surface area contributed by atoms with Gasteiger partial charge in [0, 0.05) is 5.56 Å². The second-order valence-electron chi connectivity index (χ2n) is 9.68. The first-order chi connectivity index (χ1) is 20.3. The van der Waals surface area contributed by atoms with Gasteiger partial charge in [-0.1, -0.05) is 65.4 Å². The highest BCUT2D eigenvalue weighted by Gasteiger charge is 2.33. The number of carbonyl (C=O) groups is 1. The van der Waals surface area contributed by atoms with Crippen LogP contribution in [0.1, 0.15) is 47.7 Å². The summed E-state index contributed by atoms with van der Waals surface area (Å²) in [6.07, 6.45) is 1.77. The van der Waals surface area contributed by atoms with Crippen LogP contribution in [0, 0.1) is 18.3 Å². The van der Waals surface area contributed by atoms with Gasteiger partial charge in [0.25, 0.3) is 5.56 Å². The molecule has 1 aliphatic rings. The van der Waals surface area contributed by atoms with Crippen LogP contribution >= 0.6 is 11.3 Å². The molecule has 8 nitrogen and oxygen atoms in total. The molecule has 0 bridgehead atoms. The Labute approximate surface area is 247 Å². The number of rotatable bonds is 8. The number of hydrogen-bond donors (Lipinski definition) is 0. The zero-order valence-corrected chi connectivity index (χ0v) is 24.5. The Morgan fingerprint density at radius 3 is 2.57 bits per heavy atom. The predicted molar refractivity (Wildman–Crippen MR) is 160 cm³/mol. The SMILES string of the molecule is CCOC(=O)C1=C(C)N=c2s/c(=C/c3ccc(OCc4ccccc4C#N)c(OC)c3)c(=O)n2[C@H]1c1ccc(C)cc1. The van der Waals surface area contributed by atoms with E-state index in [-0.39, 0.29) is 18.8 Å². The van der Waals surface area contributed by atoms with E-state index in [9.17, 15) is 14.9 Å². The number of nitrogens with zero attached hydrogens (tertiary/aromatic N) is 3. The highest BCUT2D eigenvalue weighted by atomic mass is 32.1. The highest BCUT2D eigenvalue weighted by Crippen LogP contribution is 2.31. The van der Waals surface area contributed by atoms with Gasteiger partial charge in [-0.25, -0.2) is 9.79 Å². The molecule has 0 saturated carbocycles. The smallest absolute Gasteiger partial charge is 0.338 e. The second-order valence-corrected chi connectivity index (χ2v) is 10.7. The first-order valence-corrected chi connectivity index (χ1v) is 14.2. The molecule has 0 radical (unpaired) electrons. The topological polar surface area (TPSA) is 103 Å². The van der Waals surface area contributed by atoms with Gasteiger partial charge in [-0.3, -0.25) is 9.36 Å². The van der Waals surface area contributed by atoms with Crippen LogP contribution in [0.15, 0.2) is 87.8 Å². The van der Waals surface area contributed by atoms with Crippen LogP contribution in [0.25, 0.3) is 6.08 Å². The number of hydrogen-bond acceptors (Lipinski definition) is 8. The Kier molecular flexibility index (Phi) is 8.36. The molecule has 1 aromatic heterocycles. The summed E-state index contributed by atoms with van der Waals surface area (Å²) in [5.74, 6) is 0.512. The Hall–Kier alpha value is -4.94. The maximum atomic E-state index is 13.9. The van der Waals surface area contributed by atoms with Gasteiger partial charge in [-0.2, -0.15) is 5.26 Å². The summed E-state index contributed by atoms with van der Waals surface area (Å²) >= 11 is 1.26. The van der Waals surface area contributed by atoms with Crippen LogP contribution in [0.2, 0.25) is 0 Å². The van der Waals surface area contributed by atoms with E-state index >= 15 is 0 Å². The third-order valence-electron chi connectivity index (χ3n) is 6.92. The standard InChI is InChI=1S/C33H29N3O5S/c1-5-40-32(38)29-21(3)35-33-36(30(29)23-13-10-20(2)11-14-23)31(37)28(42-33)17-22-12-15-26(27(16-22)39-4)41-19-25-9-7-6-8-24(25)18-34/h6-17,30H,5,19H2,1-4H3/b28-17+/t30-/m0/s1. The zero-order valence-electron chi connectivity index (χ0n) is 23.7. The fraction of sp³-hybridized carbons (Fsp3) is 0.212. The molecule has 9 heteroatoms. The predicted octanol–water partition coefficient (Wildman–Crippen LogP) is 4.57. The van der Waals surface area contributed by atoms with Gasteiger partial charge in [0.2, 0.25) is 0 Å². The summed E-state index contributed by atoms with van der Waals surface area (Å²) in [7, 11) is 1.55. The molecule has 2 heterocycles. The fourth-order valence-electron chi connectivity index (χ4n) is 4.81. The van der Waals surface area contributed by atoms with Gasteiger partial charge in [-0.15, -0.1) is 0 Å². The number of thiazole rings is 1. The van der Waals surface area contributed by atoms with Crippen molar-refractivity contribution in [3.05, 3.63) is 126 Å². The molecular formula is C33H29N3O5S. The van der Waals surface area contributed by atoms with Crippen molar-refractivity contribution in [1.82, 2.24) is 4.57 Å². The molecule has 3 aromatic carbocycles. The average molecular weight is 580 g/mol. The number of aryl methyl sites for hydroxylation is 1. The molecule has 1 aliphatic heterocycles. The van der Waals surface area contributed by atoms with Crippen LogP contribution in [-0.2, 0) is 16.1 Å². The number of allylic oxidation sites excluding steroid dienone is 1. The molecule has 0 fully saturated rings. The van der Waals surface area contributed by atoms with Gasteiger partial charge < -0.3 is 14.2 Å². The monoisotopic (exact) mass is 579 g/mol. The number of nitriles is 1. The van der Waals surface area contributed by atoms with E-state index in [0.717, 1.165) is 22.3 Å². The second kappa shape index (κ2) is 12.3.